The smallest absolute Gasteiger partial charge is 0.238 e. The summed E-state index contributed by atoms with van der Waals surface area (Å²) in [5.41, 5.74) is 7.89. The second kappa shape index (κ2) is 5.93. The summed E-state index contributed by atoms with van der Waals surface area (Å²) in [5.74, 6) is 0. The number of hydrogen-bond acceptors (Lipinski definition) is 4. The van der Waals surface area contributed by atoms with Crippen LogP contribution in [-0.4, -0.2) is 15.5 Å². The molecule has 0 unspecified atom stereocenters. The van der Waals surface area contributed by atoms with E-state index >= 15 is 0 Å². The van der Waals surface area contributed by atoms with E-state index in [1.807, 2.05) is 30.1 Å². The molecule has 0 fully saturated rings. The van der Waals surface area contributed by atoms with Gasteiger partial charge < -0.3 is 10.6 Å². The number of sulfonamides is 1. The molecule has 0 aliphatic carbocycles. The molecular formula is C14H16ClN3O2S. The molecule has 2 aromatic carbocycles. The van der Waals surface area contributed by atoms with E-state index in [1.165, 1.54) is 18.2 Å². The molecule has 5 nitrogen and oxygen atoms in total. The maximum atomic E-state index is 11.4. The SMILES string of the molecule is CN(Cc1ccccc1Cl)c1cc(S(N)(=O)=O)ccc1N. The fourth-order valence-electron chi connectivity index (χ4n) is 2.00. The third-order valence-electron chi connectivity index (χ3n) is 3.11. The molecular weight excluding hydrogens is 310 g/mol. The van der Waals surface area contributed by atoms with Crippen LogP contribution in [-0.2, 0) is 16.6 Å². The molecule has 21 heavy (non-hydrogen) atoms. The van der Waals surface area contributed by atoms with Gasteiger partial charge in [-0.15, -0.1) is 0 Å². The lowest BCUT2D eigenvalue weighted by Gasteiger charge is -2.22. The van der Waals surface area contributed by atoms with Crippen molar-refractivity contribution in [1.29, 1.82) is 0 Å². The second-order valence-corrected chi connectivity index (χ2v) is 6.68. The summed E-state index contributed by atoms with van der Waals surface area (Å²) in [6.07, 6.45) is 0. The summed E-state index contributed by atoms with van der Waals surface area (Å²) in [7, 11) is -1.96. The third kappa shape index (κ3) is 3.66. The molecule has 0 aliphatic rings. The highest BCUT2D eigenvalue weighted by atomic mass is 35.5. The number of halogens is 1. The minimum Gasteiger partial charge on any atom is -0.397 e. The quantitative estimate of drug-likeness (QED) is 0.843. The number of nitrogen functional groups attached to an aromatic ring is 1. The van der Waals surface area contributed by atoms with Gasteiger partial charge in [0.15, 0.2) is 0 Å². The van der Waals surface area contributed by atoms with Crippen molar-refractivity contribution < 1.29 is 8.42 Å². The van der Waals surface area contributed by atoms with Gasteiger partial charge >= 0.3 is 0 Å². The lowest BCUT2D eigenvalue weighted by molar-refractivity contribution is 0.598. The largest absolute Gasteiger partial charge is 0.397 e. The van der Waals surface area contributed by atoms with Crippen molar-refractivity contribution in [3.8, 4) is 0 Å². The first-order valence-corrected chi connectivity index (χ1v) is 8.08. The fourth-order valence-corrected chi connectivity index (χ4v) is 2.73. The summed E-state index contributed by atoms with van der Waals surface area (Å²) in [4.78, 5) is 1.85. The Kier molecular flexibility index (Phi) is 4.41. The molecule has 0 atom stereocenters. The Bertz CT molecular complexity index is 763. The number of rotatable bonds is 4. The van der Waals surface area contributed by atoms with E-state index in [2.05, 4.69) is 0 Å². The van der Waals surface area contributed by atoms with E-state index in [4.69, 9.17) is 22.5 Å². The molecule has 0 amide bonds. The molecule has 0 aliphatic heterocycles. The normalized spacial score (nSPS) is 11.4. The number of hydrogen-bond donors (Lipinski definition) is 2. The number of anilines is 2. The lowest BCUT2D eigenvalue weighted by Crippen LogP contribution is -2.19. The standard InChI is InChI=1S/C14H16ClN3O2S/c1-18(9-10-4-2-3-5-12(10)15)14-8-11(21(17,19)20)6-7-13(14)16/h2-8H,9,16H2,1H3,(H2,17,19,20). The molecule has 0 saturated heterocycles. The topological polar surface area (TPSA) is 89.4 Å². The minimum absolute atomic E-state index is 0.0257. The van der Waals surface area contributed by atoms with E-state index in [0.717, 1.165) is 5.56 Å². The number of nitrogens with two attached hydrogens (primary N) is 2. The van der Waals surface area contributed by atoms with Crippen LogP contribution in [0, 0.1) is 0 Å². The summed E-state index contributed by atoms with van der Waals surface area (Å²) < 4.78 is 22.9. The zero-order valence-electron chi connectivity index (χ0n) is 11.5. The van der Waals surface area contributed by atoms with Crippen molar-refractivity contribution in [1.82, 2.24) is 0 Å². The van der Waals surface area contributed by atoms with Crippen LogP contribution < -0.4 is 15.8 Å². The highest BCUT2D eigenvalue weighted by Gasteiger charge is 2.13. The van der Waals surface area contributed by atoms with Crippen LogP contribution in [0.25, 0.3) is 0 Å². The highest BCUT2D eigenvalue weighted by molar-refractivity contribution is 7.89. The molecule has 2 rings (SSSR count). The maximum Gasteiger partial charge on any atom is 0.238 e. The van der Waals surface area contributed by atoms with Gasteiger partial charge in [0.05, 0.1) is 16.3 Å². The number of nitrogens with zero attached hydrogens (tertiary/aromatic N) is 1. The summed E-state index contributed by atoms with van der Waals surface area (Å²) >= 11 is 6.13. The molecule has 0 radical (unpaired) electrons. The van der Waals surface area contributed by atoms with Crippen molar-refractivity contribution in [2.24, 2.45) is 5.14 Å². The van der Waals surface area contributed by atoms with E-state index in [9.17, 15) is 8.42 Å². The minimum atomic E-state index is -3.76. The summed E-state index contributed by atoms with van der Waals surface area (Å²) in [6.45, 7) is 0.498. The Balaban J connectivity index is 2.35. The van der Waals surface area contributed by atoms with Crippen molar-refractivity contribution in [3.63, 3.8) is 0 Å². The zero-order chi connectivity index (χ0) is 15.6. The Hall–Kier alpha value is -1.76. The third-order valence-corrected chi connectivity index (χ3v) is 4.39. The molecule has 2 aromatic rings. The van der Waals surface area contributed by atoms with Crippen LogP contribution in [0.2, 0.25) is 5.02 Å². The van der Waals surface area contributed by atoms with Gasteiger partial charge in [0, 0.05) is 18.6 Å². The predicted molar refractivity (Wildman–Crippen MR) is 85.8 cm³/mol. The second-order valence-electron chi connectivity index (χ2n) is 4.71. The highest BCUT2D eigenvalue weighted by Crippen LogP contribution is 2.27. The first kappa shape index (κ1) is 15.6. The monoisotopic (exact) mass is 325 g/mol. The van der Waals surface area contributed by atoms with Gasteiger partial charge in [-0.1, -0.05) is 29.8 Å². The Morgan fingerprint density at radius 2 is 1.86 bits per heavy atom. The first-order valence-electron chi connectivity index (χ1n) is 6.16. The van der Waals surface area contributed by atoms with E-state index in [-0.39, 0.29) is 4.90 Å². The van der Waals surface area contributed by atoms with Crippen LogP contribution in [0.4, 0.5) is 11.4 Å². The summed E-state index contributed by atoms with van der Waals surface area (Å²) in [6, 6.07) is 11.8. The molecule has 0 spiro atoms. The van der Waals surface area contributed by atoms with Gasteiger partial charge in [-0.25, -0.2) is 13.6 Å². The van der Waals surface area contributed by atoms with Gasteiger partial charge in [-0.3, -0.25) is 0 Å². The van der Waals surface area contributed by atoms with Crippen LogP contribution in [0.5, 0.6) is 0 Å². The Labute approximate surface area is 129 Å². The molecule has 7 heteroatoms. The Morgan fingerprint density at radius 3 is 2.48 bits per heavy atom. The van der Waals surface area contributed by atoms with Gasteiger partial charge in [0.1, 0.15) is 0 Å². The van der Waals surface area contributed by atoms with Crippen LogP contribution in [0.1, 0.15) is 5.56 Å². The average molecular weight is 326 g/mol. The van der Waals surface area contributed by atoms with E-state index < -0.39 is 10.0 Å². The van der Waals surface area contributed by atoms with Crippen LogP contribution in [0.3, 0.4) is 0 Å². The van der Waals surface area contributed by atoms with Crippen molar-refractivity contribution in [2.45, 2.75) is 11.4 Å². The number of primary sulfonamides is 1. The van der Waals surface area contributed by atoms with Gasteiger partial charge in [-0.05, 0) is 29.8 Å². The van der Waals surface area contributed by atoms with Gasteiger partial charge in [0.2, 0.25) is 10.0 Å². The number of benzene rings is 2. The van der Waals surface area contributed by atoms with Gasteiger partial charge in [-0.2, -0.15) is 0 Å². The average Bonchev–Trinajstić information content (AvgIpc) is 2.40. The van der Waals surface area contributed by atoms with Crippen molar-refractivity contribution in [2.75, 3.05) is 17.7 Å². The molecule has 0 bridgehead atoms. The van der Waals surface area contributed by atoms with Gasteiger partial charge in [0.25, 0.3) is 0 Å². The Morgan fingerprint density at radius 1 is 1.19 bits per heavy atom. The lowest BCUT2D eigenvalue weighted by atomic mass is 10.2. The summed E-state index contributed by atoms with van der Waals surface area (Å²) in [5, 5.41) is 5.79. The van der Waals surface area contributed by atoms with Crippen molar-refractivity contribution in [3.05, 3.63) is 53.1 Å². The molecule has 0 heterocycles. The molecule has 0 aromatic heterocycles. The van der Waals surface area contributed by atoms with Crippen molar-refractivity contribution >= 4 is 33.0 Å². The van der Waals surface area contributed by atoms with E-state index in [0.29, 0.717) is 22.9 Å². The fraction of sp³-hybridized carbons (Fsp3) is 0.143. The van der Waals surface area contributed by atoms with E-state index in [1.54, 1.807) is 6.07 Å². The zero-order valence-corrected chi connectivity index (χ0v) is 13.0. The van der Waals surface area contributed by atoms with Crippen LogP contribution >= 0.6 is 11.6 Å². The maximum absolute atomic E-state index is 11.4. The first-order chi connectivity index (χ1) is 9.79. The molecule has 0 saturated carbocycles. The predicted octanol–water partition coefficient (Wildman–Crippen LogP) is 2.21. The molecule has 112 valence electrons. The van der Waals surface area contributed by atoms with Crippen LogP contribution in [0.15, 0.2) is 47.4 Å². The molecule has 4 N–H and O–H groups in total.